The van der Waals surface area contributed by atoms with Crippen molar-refractivity contribution in [2.75, 3.05) is 33.3 Å². The first kappa shape index (κ1) is 12.4. The standard InChI is InChI=1S/C10H20N2O3/c1-8(5-10(13)14)12-3-4-15-9(7-12)6-11-2/h8-9,11H,3-7H2,1-2H3,(H,13,14). The Hall–Kier alpha value is -0.650. The van der Waals surface area contributed by atoms with Gasteiger partial charge < -0.3 is 15.2 Å². The molecule has 0 amide bonds. The second kappa shape index (κ2) is 6.05. The molecule has 2 N–H and O–H groups in total. The van der Waals surface area contributed by atoms with E-state index in [4.69, 9.17) is 9.84 Å². The largest absolute Gasteiger partial charge is 0.481 e. The highest BCUT2D eigenvalue weighted by Gasteiger charge is 2.24. The molecule has 1 saturated heterocycles. The summed E-state index contributed by atoms with van der Waals surface area (Å²) < 4.78 is 5.55. The van der Waals surface area contributed by atoms with Gasteiger partial charge in [0.25, 0.3) is 0 Å². The molecule has 15 heavy (non-hydrogen) atoms. The molecule has 5 heteroatoms. The Morgan fingerprint density at radius 3 is 3.07 bits per heavy atom. The summed E-state index contributed by atoms with van der Waals surface area (Å²) in [5, 5.41) is 11.8. The van der Waals surface area contributed by atoms with Gasteiger partial charge in [-0.3, -0.25) is 9.69 Å². The molecule has 1 rings (SSSR count). The molecule has 1 heterocycles. The molecule has 5 nitrogen and oxygen atoms in total. The maximum atomic E-state index is 10.6. The quantitative estimate of drug-likeness (QED) is 0.664. The number of carboxylic acids is 1. The Bertz CT molecular complexity index is 209. The zero-order chi connectivity index (χ0) is 11.3. The Morgan fingerprint density at radius 1 is 1.73 bits per heavy atom. The van der Waals surface area contributed by atoms with Crippen molar-refractivity contribution >= 4 is 5.97 Å². The molecule has 2 atom stereocenters. The minimum atomic E-state index is -0.737. The predicted octanol–water partition coefficient (Wildman–Crippen LogP) is -0.230. The minimum absolute atomic E-state index is 0.0887. The highest BCUT2D eigenvalue weighted by Crippen LogP contribution is 2.10. The lowest BCUT2D eigenvalue weighted by Crippen LogP contribution is -2.49. The molecule has 1 aliphatic rings. The van der Waals surface area contributed by atoms with Crippen LogP contribution in [0.3, 0.4) is 0 Å². The van der Waals surface area contributed by atoms with Gasteiger partial charge in [0.1, 0.15) is 0 Å². The number of likely N-dealkylation sites (N-methyl/N-ethyl adjacent to an activating group) is 1. The summed E-state index contributed by atoms with van der Waals surface area (Å²) in [7, 11) is 1.89. The van der Waals surface area contributed by atoms with Gasteiger partial charge in [0.15, 0.2) is 0 Å². The van der Waals surface area contributed by atoms with Gasteiger partial charge in [-0.05, 0) is 14.0 Å². The van der Waals surface area contributed by atoms with E-state index in [0.29, 0.717) is 6.61 Å². The molecule has 2 unspecified atom stereocenters. The fourth-order valence-electron chi connectivity index (χ4n) is 1.88. The molecule has 0 spiro atoms. The minimum Gasteiger partial charge on any atom is -0.481 e. The van der Waals surface area contributed by atoms with Gasteiger partial charge in [-0.1, -0.05) is 0 Å². The lowest BCUT2D eigenvalue weighted by Gasteiger charge is -2.36. The number of rotatable bonds is 5. The third-order valence-electron chi connectivity index (χ3n) is 2.70. The van der Waals surface area contributed by atoms with Crippen molar-refractivity contribution in [1.29, 1.82) is 0 Å². The topological polar surface area (TPSA) is 61.8 Å². The smallest absolute Gasteiger partial charge is 0.304 e. The summed E-state index contributed by atoms with van der Waals surface area (Å²) in [6, 6.07) is 0.0887. The van der Waals surface area contributed by atoms with E-state index < -0.39 is 5.97 Å². The SMILES string of the molecule is CNCC1CN(C(C)CC(=O)O)CCO1. The first-order valence-electron chi connectivity index (χ1n) is 5.35. The Morgan fingerprint density at radius 2 is 2.47 bits per heavy atom. The molecular formula is C10H20N2O3. The number of morpholine rings is 1. The third-order valence-corrected chi connectivity index (χ3v) is 2.70. The first-order valence-corrected chi connectivity index (χ1v) is 5.35. The molecule has 0 bridgehead atoms. The molecule has 0 aliphatic carbocycles. The van der Waals surface area contributed by atoms with Crippen LogP contribution in [0.1, 0.15) is 13.3 Å². The Labute approximate surface area is 90.4 Å². The monoisotopic (exact) mass is 216 g/mol. The zero-order valence-electron chi connectivity index (χ0n) is 9.40. The van der Waals surface area contributed by atoms with E-state index in [1.54, 1.807) is 0 Å². The van der Waals surface area contributed by atoms with E-state index >= 15 is 0 Å². The predicted molar refractivity (Wildman–Crippen MR) is 57.0 cm³/mol. The number of ether oxygens (including phenoxy) is 1. The van der Waals surface area contributed by atoms with Crippen LogP contribution in [0, 0.1) is 0 Å². The van der Waals surface area contributed by atoms with Gasteiger partial charge in [0.2, 0.25) is 0 Å². The Balaban J connectivity index is 2.37. The summed E-state index contributed by atoms with van der Waals surface area (Å²) in [5.41, 5.74) is 0. The van der Waals surface area contributed by atoms with Crippen LogP contribution in [-0.2, 0) is 9.53 Å². The maximum Gasteiger partial charge on any atom is 0.304 e. The van der Waals surface area contributed by atoms with Gasteiger partial charge in [-0.2, -0.15) is 0 Å². The van der Waals surface area contributed by atoms with Crippen LogP contribution in [0.2, 0.25) is 0 Å². The summed E-state index contributed by atoms with van der Waals surface area (Å²) in [5.74, 6) is -0.737. The van der Waals surface area contributed by atoms with Crippen molar-refractivity contribution in [3.8, 4) is 0 Å². The summed E-state index contributed by atoms with van der Waals surface area (Å²) in [6.07, 6.45) is 0.381. The Kier molecular flexibility index (Phi) is 5.01. The lowest BCUT2D eigenvalue weighted by molar-refractivity contribution is -0.139. The van der Waals surface area contributed by atoms with Gasteiger partial charge in [0.05, 0.1) is 19.1 Å². The lowest BCUT2D eigenvalue weighted by atomic mass is 10.1. The maximum absolute atomic E-state index is 10.6. The summed E-state index contributed by atoms with van der Waals surface area (Å²) in [4.78, 5) is 12.8. The number of carboxylic acid groups (broad SMARTS) is 1. The summed E-state index contributed by atoms with van der Waals surface area (Å²) in [6.45, 7) is 5.10. The third kappa shape index (κ3) is 4.15. The zero-order valence-corrected chi connectivity index (χ0v) is 9.40. The van der Waals surface area contributed by atoms with E-state index in [1.807, 2.05) is 14.0 Å². The first-order chi connectivity index (χ1) is 7.13. The van der Waals surface area contributed by atoms with Gasteiger partial charge in [0, 0.05) is 25.7 Å². The van der Waals surface area contributed by atoms with E-state index in [2.05, 4.69) is 10.2 Å². The van der Waals surface area contributed by atoms with Crippen LogP contribution in [-0.4, -0.2) is 61.4 Å². The molecule has 0 radical (unpaired) electrons. The average Bonchev–Trinajstić information content (AvgIpc) is 2.17. The number of hydrogen-bond donors (Lipinski definition) is 2. The van der Waals surface area contributed by atoms with Crippen LogP contribution in [0.15, 0.2) is 0 Å². The second-order valence-electron chi connectivity index (χ2n) is 3.99. The highest BCUT2D eigenvalue weighted by atomic mass is 16.5. The van der Waals surface area contributed by atoms with Gasteiger partial charge >= 0.3 is 5.97 Å². The van der Waals surface area contributed by atoms with E-state index in [1.165, 1.54) is 0 Å². The molecule has 0 aromatic carbocycles. The van der Waals surface area contributed by atoms with E-state index in [-0.39, 0.29) is 18.6 Å². The molecule has 1 fully saturated rings. The van der Waals surface area contributed by atoms with Crippen molar-refractivity contribution in [2.45, 2.75) is 25.5 Å². The van der Waals surface area contributed by atoms with Crippen molar-refractivity contribution in [3.05, 3.63) is 0 Å². The van der Waals surface area contributed by atoms with Crippen LogP contribution in [0.25, 0.3) is 0 Å². The van der Waals surface area contributed by atoms with Crippen molar-refractivity contribution < 1.29 is 14.6 Å². The van der Waals surface area contributed by atoms with Crippen LogP contribution < -0.4 is 5.32 Å². The van der Waals surface area contributed by atoms with E-state index in [9.17, 15) is 4.79 Å². The molecule has 1 aliphatic heterocycles. The van der Waals surface area contributed by atoms with Crippen molar-refractivity contribution in [3.63, 3.8) is 0 Å². The summed E-state index contributed by atoms with van der Waals surface area (Å²) >= 11 is 0. The number of nitrogens with one attached hydrogen (secondary N) is 1. The fraction of sp³-hybridized carbons (Fsp3) is 0.900. The van der Waals surface area contributed by atoms with Gasteiger partial charge in [-0.15, -0.1) is 0 Å². The second-order valence-corrected chi connectivity index (χ2v) is 3.99. The van der Waals surface area contributed by atoms with Crippen LogP contribution in [0.4, 0.5) is 0 Å². The molecule has 0 saturated carbocycles. The number of nitrogens with zero attached hydrogens (tertiary/aromatic N) is 1. The van der Waals surface area contributed by atoms with E-state index in [0.717, 1.165) is 19.6 Å². The van der Waals surface area contributed by atoms with Crippen LogP contribution in [0.5, 0.6) is 0 Å². The number of hydrogen-bond acceptors (Lipinski definition) is 4. The number of aliphatic carboxylic acids is 1. The molecule has 88 valence electrons. The molecule has 0 aromatic heterocycles. The normalized spacial score (nSPS) is 25.1. The molecule has 0 aromatic rings. The van der Waals surface area contributed by atoms with Crippen LogP contribution >= 0.6 is 0 Å². The average molecular weight is 216 g/mol. The fourth-order valence-corrected chi connectivity index (χ4v) is 1.88. The van der Waals surface area contributed by atoms with Crippen molar-refractivity contribution in [1.82, 2.24) is 10.2 Å². The molecular weight excluding hydrogens is 196 g/mol. The highest BCUT2D eigenvalue weighted by molar-refractivity contribution is 5.67. The van der Waals surface area contributed by atoms with Gasteiger partial charge in [-0.25, -0.2) is 0 Å². The van der Waals surface area contributed by atoms with Crippen molar-refractivity contribution in [2.24, 2.45) is 0 Å². The number of carbonyl (C=O) groups is 1.